The van der Waals surface area contributed by atoms with E-state index in [0.717, 1.165) is 37.1 Å². The van der Waals surface area contributed by atoms with Crippen LogP contribution in [0.3, 0.4) is 0 Å². The van der Waals surface area contributed by atoms with Crippen molar-refractivity contribution in [3.63, 3.8) is 0 Å². The maximum atomic E-state index is 12.8. The van der Waals surface area contributed by atoms with Gasteiger partial charge in [0.15, 0.2) is 0 Å². The van der Waals surface area contributed by atoms with Crippen LogP contribution in [0.4, 0.5) is 4.79 Å². The number of carbonyl (C=O) groups is 3. The van der Waals surface area contributed by atoms with E-state index in [0.29, 0.717) is 19.5 Å². The molecule has 7 nitrogen and oxygen atoms in total. The summed E-state index contributed by atoms with van der Waals surface area (Å²) < 4.78 is 5.44. The molecule has 5 rings (SSSR count). The molecule has 33 heavy (non-hydrogen) atoms. The average Bonchev–Trinajstić information content (AvgIpc) is 2.69. The zero-order valence-electron chi connectivity index (χ0n) is 21.0. The van der Waals surface area contributed by atoms with Gasteiger partial charge in [-0.25, -0.2) is 4.79 Å². The first-order valence-corrected chi connectivity index (χ1v) is 13.0. The Hall–Kier alpha value is -1.79. The summed E-state index contributed by atoms with van der Waals surface area (Å²) in [5.41, 5.74) is -0.321. The molecular weight excluding hydrogens is 418 g/mol. The molecule has 1 heterocycles. The van der Waals surface area contributed by atoms with E-state index in [-0.39, 0.29) is 35.8 Å². The second kappa shape index (κ2) is 9.46. The van der Waals surface area contributed by atoms with Gasteiger partial charge in [0.2, 0.25) is 11.8 Å². The van der Waals surface area contributed by atoms with Crippen molar-refractivity contribution in [1.29, 1.82) is 0 Å². The number of carbonyl (C=O) groups excluding carboxylic acids is 3. The van der Waals surface area contributed by atoms with Crippen LogP contribution in [0, 0.1) is 29.1 Å². The Morgan fingerprint density at radius 1 is 1.06 bits per heavy atom. The fourth-order valence-corrected chi connectivity index (χ4v) is 7.44. The highest BCUT2D eigenvalue weighted by molar-refractivity contribution is 5.85. The zero-order valence-corrected chi connectivity index (χ0v) is 21.0. The van der Waals surface area contributed by atoms with Crippen LogP contribution in [0.25, 0.3) is 0 Å². The summed E-state index contributed by atoms with van der Waals surface area (Å²) in [7, 11) is 1.75. The summed E-state index contributed by atoms with van der Waals surface area (Å²) in [5.74, 6) is 2.74. The van der Waals surface area contributed by atoms with E-state index in [4.69, 9.17) is 4.74 Å². The molecule has 1 aliphatic heterocycles. The molecule has 0 aromatic heterocycles. The highest BCUT2D eigenvalue weighted by Gasteiger charge is 2.51. The number of hydrogen-bond donors (Lipinski definition) is 1. The molecule has 0 aromatic carbocycles. The lowest BCUT2D eigenvalue weighted by Crippen LogP contribution is -2.50. The number of ether oxygens (including phenoxy) is 1. The lowest BCUT2D eigenvalue weighted by atomic mass is 9.49. The second-order valence-corrected chi connectivity index (χ2v) is 12.6. The number of likely N-dealkylation sites (tertiary alicyclic amines) is 1. The van der Waals surface area contributed by atoms with E-state index < -0.39 is 5.60 Å². The van der Waals surface area contributed by atoms with Crippen LogP contribution in [-0.2, 0) is 14.3 Å². The predicted molar refractivity (Wildman–Crippen MR) is 126 cm³/mol. The smallest absolute Gasteiger partial charge is 0.410 e. The Balaban J connectivity index is 1.21. The first kappa shape index (κ1) is 24.3. The largest absolute Gasteiger partial charge is 0.444 e. The Bertz CT molecular complexity index is 724. The van der Waals surface area contributed by atoms with E-state index in [2.05, 4.69) is 5.32 Å². The maximum absolute atomic E-state index is 12.8. The van der Waals surface area contributed by atoms with Crippen molar-refractivity contribution in [2.45, 2.75) is 84.2 Å². The van der Waals surface area contributed by atoms with Crippen LogP contribution < -0.4 is 5.32 Å². The fraction of sp³-hybridized carbons (Fsp3) is 0.885. The number of hydrogen-bond acceptors (Lipinski definition) is 4. The lowest BCUT2D eigenvalue weighted by Gasteiger charge is -2.56. The molecular formula is C26H43N3O4. The monoisotopic (exact) mass is 461 g/mol. The van der Waals surface area contributed by atoms with Crippen LogP contribution in [0.2, 0.25) is 0 Å². The summed E-state index contributed by atoms with van der Waals surface area (Å²) >= 11 is 0. The molecule has 4 saturated carbocycles. The zero-order chi connectivity index (χ0) is 23.8. The summed E-state index contributed by atoms with van der Waals surface area (Å²) in [6, 6.07) is 0. The number of piperidine rings is 1. The molecule has 0 spiro atoms. The molecule has 1 unspecified atom stereocenters. The molecule has 1 atom stereocenters. The van der Waals surface area contributed by atoms with Gasteiger partial charge in [-0.1, -0.05) is 0 Å². The van der Waals surface area contributed by atoms with Gasteiger partial charge >= 0.3 is 6.09 Å². The maximum Gasteiger partial charge on any atom is 0.410 e. The van der Waals surface area contributed by atoms with Gasteiger partial charge < -0.3 is 19.9 Å². The van der Waals surface area contributed by atoms with Gasteiger partial charge in [-0.3, -0.25) is 9.59 Å². The third kappa shape index (κ3) is 6.21. The normalized spacial score (nSPS) is 33.0. The number of nitrogens with zero attached hydrogens (tertiary/aromatic N) is 2. The molecule has 1 saturated heterocycles. The van der Waals surface area contributed by atoms with Crippen LogP contribution in [0.5, 0.6) is 0 Å². The van der Waals surface area contributed by atoms with Crippen LogP contribution in [0.15, 0.2) is 0 Å². The van der Waals surface area contributed by atoms with Gasteiger partial charge in [-0.15, -0.1) is 0 Å². The third-order valence-electron chi connectivity index (χ3n) is 8.25. The molecule has 4 aliphatic carbocycles. The fourth-order valence-electron chi connectivity index (χ4n) is 7.44. The highest BCUT2D eigenvalue weighted by atomic mass is 16.6. The van der Waals surface area contributed by atoms with E-state index in [1.807, 2.05) is 25.7 Å². The number of rotatable bonds is 6. The highest BCUT2D eigenvalue weighted by Crippen LogP contribution is 2.61. The quantitative estimate of drug-likeness (QED) is 0.652. The molecule has 5 aliphatic rings. The minimum absolute atomic E-state index is 0.0153. The molecule has 1 N–H and O–H groups in total. The lowest BCUT2D eigenvalue weighted by molar-refractivity contribution is -0.136. The third-order valence-corrected chi connectivity index (χ3v) is 8.25. The van der Waals surface area contributed by atoms with E-state index in [9.17, 15) is 14.4 Å². The summed E-state index contributed by atoms with van der Waals surface area (Å²) in [4.78, 5) is 41.3. The molecule has 5 fully saturated rings. The Kier molecular flexibility index (Phi) is 6.97. The molecule has 3 amide bonds. The van der Waals surface area contributed by atoms with Gasteiger partial charge in [-0.05, 0) is 101 Å². The van der Waals surface area contributed by atoms with Crippen LogP contribution in [-0.4, -0.2) is 66.5 Å². The first-order chi connectivity index (χ1) is 15.5. The SMILES string of the molecule is CN(CC1CCCN(C(=O)CNC(=O)CC23CC4CC(CC(C4)C2)C3)C1)C(=O)OC(C)(C)C. The second-order valence-electron chi connectivity index (χ2n) is 12.6. The minimum Gasteiger partial charge on any atom is -0.444 e. The van der Waals surface area contributed by atoms with Gasteiger partial charge in [0.25, 0.3) is 0 Å². The van der Waals surface area contributed by atoms with E-state index in [1.165, 1.54) is 38.5 Å². The predicted octanol–water partition coefficient (Wildman–Crippen LogP) is 3.81. The summed E-state index contributed by atoms with van der Waals surface area (Å²) in [6.45, 7) is 7.57. The van der Waals surface area contributed by atoms with Crippen molar-refractivity contribution in [2.75, 3.05) is 33.2 Å². The minimum atomic E-state index is -0.520. The van der Waals surface area contributed by atoms with Crippen molar-refractivity contribution in [3.05, 3.63) is 0 Å². The summed E-state index contributed by atoms with van der Waals surface area (Å²) in [5, 5.41) is 2.94. The molecule has 0 radical (unpaired) electrons. The van der Waals surface area contributed by atoms with Crippen molar-refractivity contribution in [3.8, 4) is 0 Å². The van der Waals surface area contributed by atoms with Gasteiger partial charge in [0, 0.05) is 33.1 Å². The topological polar surface area (TPSA) is 79.0 Å². The number of amides is 3. The summed E-state index contributed by atoms with van der Waals surface area (Å²) in [6.07, 6.45) is 9.90. The van der Waals surface area contributed by atoms with Crippen LogP contribution in [0.1, 0.15) is 78.6 Å². The average molecular weight is 462 g/mol. The van der Waals surface area contributed by atoms with Crippen LogP contribution >= 0.6 is 0 Å². The van der Waals surface area contributed by atoms with E-state index >= 15 is 0 Å². The van der Waals surface area contributed by atoms with E-state index in [1.54, 1.807) is 11.9 Å². The number of nitrogens with one attached hydrogen (secondary N) is 1. The molecule has 4 bridgehead atoms. The van der Waals surface area contributed by atoms with Gasteiger partial charge in [0.05, 0.1) is 6.54 Å². The van der Waals surface area contributed by atoms with Gasteiger partial charge in [0.1, 0.15) is 5.60 Å². The Morgan fingerprint density at radius 2 is 1.67 bits per heavy atom. The van der Waals surface area contributed by atoms with Gasteiger partial charge in [-0.2, -0.15) is 0 Å². The Morgan fingerprint density at radius 3 is 2.24 bits per heavy atom. The molecule has 0 aromatic rings. The van der Waals surface area contributed by atoms with Crippen molar-refractivity contribution in [1.82, 2.24) is 15.1 Å². The Labute approximate surface area is 199 Å². The molecule has 186 valence electrons. The van der Waals surface area contributed by atoms with Crippen molar-refractivity contribution < 1.29 is 19.1 Å². The standard InChI is InChI=1S/C26H43N3O4/c1-25(2,3)33-24(32)28(4)16-18-6-5-7-29(17-18)23(31)15-27-22(30)14-26-11-19-8-20(12-26)10-21(9-19)13-26/h18-21H,5-17H2,1-4H3,(H,27,30). The molecule has 7 heteroatoms. The first-order valence-electron chi connectivity index (χ1n) is 13.0. The van der Waals surface area contributed by atoms with Crippen molar-refractivity contribution in [2.24, 2.45) is 29.1 Å². The van der Waals surface area contributed by atoms with Crippen molar-refractivity contribution >= 4 is 17.9 Å².